The maximum Gasteiger partial charge on any atom is 0.250 e. The number of hydrogen-bond donors (Lipinski definition) is 1. The quantitative estimate of drug-likeness (QED) is 0.250. The third kappa shape index (κ3) is 3.03. The number of fused-ring (bicyclic) bond motifs is 1. The molecule has 0 spiro atoms. The van der Waals surface area contributed by atoms with E-state index in [2.05, 4.69) is 9.97 Å². The summed E-state index contributed by atoms with van der Waals surface area (Å²) in [6, 6.07) is 11.5. The van der Waals surface area contributed by atoms with Gasteiger partial charge in [-0.2, -0.15) is 6.07 Å². The van der Waals surface area contributed by atoms with Crippen LogP contribution in [-0.4, -0.2) is 21.4 Å². The second-order valence-electron chi connectivity index (χ2n) is 6.83. The molecule has 4 aromatic rings. The van der Waals surface area contributed by atoms with Gasteiger partial charge in [0, 0.05) is 25.7 Å². The lowest BCUT2D eigenvalue weighted by atomic mass is 10.1. The van der Waals surface area contributed by atoms with Crippen molar-refractivity contribution in [1.29, 1.82) is 0 Å². The zero-order valence-corrected chi connectivity index (χ0v) is 15.8. The topological polar surface area (TPSA) is 67.0 Å². The Morgan fingerprint density at radius 3 is 2.89 bits per heavy atom. The fraction of sp³-hybridized carbons (Fsp3) is 0.143. The zero-order chi connectivity index (χ0) is 19.0. The van der Waals surface area contributed by atoms with Crippen molar-refractivity contribution in [3.63, 3.8) is 0 Å². The van der Waals surface area contributed by atoms with Crippen molar-refractivity contribution in [3.05, 3.63) is 77.7 Å². The summed E-state index contributed by atoms with van der Waals surface area (Å²) in [6.45, 7) is 3.69. The normalized spacial score (nSPS) is 11.7. The first-order valence-electron chi connectivity index (χ1n) is 8.51. The van der Waals surface area contributed by atoms with Gasteiger partial charge in [0.2, 0.25) is 10.5 Å². The van der Waals surface area contributed by atoms with Crippen LogP contribution in [0.4, 0.5) is 0 Å². The fourth-order valence-electron chi connectivity index (χ4n) is 3.04. The van der Waals surface area contributed by atoms with Crippen LogP contribution in [0.2, 0.25) is 0 Å². The number of carbonyl (C=O) groups is 1. The Balaban J connectivity index is 1.79. The van der Waals surface area contributed by atoms with Crippen LogP contribution in [0.25, 0.3) is 21.5 Å². The average molecular weight is 376 g/mol. The lowest BCUT2D eigenvalue weighted by Crippen LogP contribution is -2.52. The molecule has 0 radical (unpaired) electrons. The second-order valence-corrected chi connectivity index (χ2v) is 7.69. The molecule has 0 fully saturated rings. The highest BCUT2D eigenvalue weighted by atomic mass is 32.1. The summed E-state index contributed by atoms with van der Waals surface area (Å²) in [7, 11) is 0. The van der Waals surface area contributed by atoms with Gasteiger partial charge >= 0.3 is 0 Å². The predicted molar refractivity (Wildman–Crippen MR) is 104 cm³/mol. The van der Waals surface area contributed by atoms with Gasteiger partial charge in [-0.3, -0.25) is 14.3 Å². The predicted octanol–water partition coefficient (Wildman–Crippen LogP) is 3.60. The number of nitrogens with zero attached hydrogens (tertiary/aromatic N) is 3. The van der Waals surface area contributed by atoms with Gasteiger partial charge in [-0.15, -0.1) is 29.1 Å². The Hall–Kier alpha value is -2.96. The number of thiazole rings is 1. The van der Waals surface area contributed by atoms with E-state index in [9.17, 15) is 9.90 Å². The minimum Gasteiger partial charge on any atom is -0.420 e. The Bertz CT molecular complexity index is 1100. The highest BCUT2D eigenvalue weighted by Crippen LogP contribution is 2.31. The monoisotopic (exact) mass is 376 g/mol. The number of aldehydes is 1. The van der Waals surface area contributed by atoms with Crippen LogP contribution < -0.4 is 4.57 Å². The first-order chi connectivity index (χ1) is 13.0. The lowest BCUT2D eigenvalue weighted by Gasteiger charge is -2.16. The highest BCUT2D eigenvalue weighted by Gasteiger charge is 2.28. The first-order valence-corrected chi connectivity index (χ1v) is 9.39. The van der Waals surface area contributed by atoms with Crippen LogP contribution in [0.15, 0.2) is 60.4 Å². The molecule has 0 saturated carbocycles. The van der Waals surface area contributed by atoms with Gasteiger partial charge in [0.1, 0.15) is 5.38 Å². The summed E-state index contributed by atoms with van der Waals surface area (Å²) in [5, 5.41) is 14.4. The SMILES string of the molecule is CC(C)(C=O)[n+]1cc([C-](O)c2c[s+][c-](-c3cccnc3)n2)c2cccc[c-]21. The molecular weight excluding hydrogens is 358 g/mol. The van der Waals surface area contributed by atoms with Crippen molar-refractivity contribution in [3.8, 4) is 10.6 Å². The number of aliphatic hydroxyl groups is 1. The van der Waals surface area contributed by atoms with E-state index in [4.69, 9.17) is 0 Å². The molecule has 6 heteroatoms. The number of para-hydroxylation sites is 1. The number of hydrogen-bond acceptors (Lipinski definition) is 4. The zero-order valence-electron chi connectivity index (χ0n) is 15.0. The van der Waals surface area contributed by atoms with Gasteiger partial charge in [0.15, 0.2) is 17.6 Å². The van der Waals surface area contributed by atoms with Crippen molar-refractivity contribution in [1.82, 2.24) is 9.97 Å². The maximum atomic E-state index is 11.6. The van der Waals surface area contributed by atoms with Crippen LogP contribution in [0.5, 0.6) is 0 Å². The minimum atomic E-state index is -0.721. The van der Waals surface area contributed by atoms with Crippen LogP contribution in [-0.2, 0) is 10.3 Å². The summed E-state index contributed by atoms with van der Waals surface area (Å²) < 4.78 is 1.88. The number of benzene rings is 1. The number of rotatable bonds is 5. The molecular formula is C21H18N3O2S-. The van der Waals surface area contributed by atoms with E-state index in [1.165, 1.54) is 11.3 Å². The molecule has 0 aliphatic heterocycles. The number of pyridine rings is 1. The van der Waals surface area contributed by atoms with Gasteiger partial charge in [0.05, 0.1) is 11.7 Å². The summed E-state index contributed by atoms with van der Waals surface area (Å²) in [5.74, 6) is 0. The molecule has 0 amide bonds. The Kier molecular flexibility index (Phi) is 4.30. The highest BCUT2D eigenvalue weighted by molar-refractivity contribution is 7.13. The maximum absolute atomic E-state index is 11.6. The molecule has 5 nitrogen and oxygen atoms in total. The molecule has 1 N–H and O–H groups in total. The molecule has 0 unspecified atom stereocenters. The van der Waals surface area contributed by atoms with E-state index in [1.54, 1.807) is 12.4 Å². The minimum absolute atomic E-state index is 0.0954. The summed E-state index contributed by atoms with van der Waals surface area (Å²) >= 11 is 1.45. The summed E-state index contributed by atoms with van der Waals surface area (Å²) in [5.41, 5.74) is 2.24. The number of aromatic nitrogens is 3. The third-order valence-corrected chi connectivity index (χ3v) is 5.42. The van der Waals surface area contributed by atoms with Crippen LogP contribution >= 0.6 is 11.3 Å². The Morgan fingerprint density at radius 1 is 1.30 bits per heavy atom. The molecule has 1 aromatic carbocycles. The van der Waals surface area contributed by atoms with E-state index in [1.807, 2.05) is 66.4 Å². The largest absolute Gasteiger partial charge is 0.420 e. The summed E-state index contributed by atoms with van der Waals surface area (Å²) in [4.78, 5) is 20.3. The van der Waals surface area contributed by atoms with Crippen molar-refractivity contribution < 1.29 is 14.5 Å². The van der Waals surface area contributed by atoms with Crippen molar-refractivity contribution >= 4 is 28.5 Å². The standard InChI is InChI=1S/C21H18N3O2S/c1-21(2,13-25)24-11-16(15-7-3-4-8-18(15)24)19(26)17-12-27-20(23-17)14-6-5-9-22-10-14/h3-13,26H,1-2H3/q-1. The molecule has 27 heavy (non-hydrogen) atoms. The summed E-state index contributed by atoms with van der Waals surface area (Å²) in [6.07, 6.45) is 6.28. The lowest BCUT2D eigenvalue weighted by molar-refractivity contribution is -0.714. The van der Waals surface area contributed by atoms with Crippen molar-refractivity contribution in [2.75, 3.05) is 0 Å². The van der Waals surface area contributed by atoms with Gasteiger partial charge < -0.3 is 10.1 Å². The van der Waals surface area contributed by atoms with E-state index in [0.29, 0.717) is 11.3 Å². The molecule has 3 heterocycles. The molecule has 0 atom stereocenters. The molecule has 4 rings (SSSR count). The van der Waals surface area contributed by atoms with E-state index in [-0.39, 0.29) is 6.10 Å². The van der Waals surface area contributed by atoms with Crippen LogP contribution in [0, 0.1) is 6.10 Å². The fourth-order valence-corrected chi connectivity index (χ4v) is 3.84. The molecule has 0 saturated heterocycles. The molecule has 136 valence electrons. The number of carbonyl (C=O) groups excluding carboxylic acids is 1. The van der Waals surface area contributed by atoms with Gasteiger partial charge in [-0.05, 0) is 17.9 Å². The Morgan fingerprint density at radius 2 is 2.15 bits per heavy atom. The van der Waals surface area contributed by atoms with E-state index < -0.39 is 5.54 Å². The van der Waals surface area contributed by atoms with Gasteiger partial charge in [-0.1, -0.05) is 12.1 Å². The molecule has 3 aromatic heterocycles. The molecule has 0 bridgehead atoms. The third-order valence-electron chi connectivity index (χ3n) is 4.53. The van der Waals surface area contributed by atoms with Gasteiger partial charge in [-0.25, -0.2) is 0 Å². The molecule has 0 aliphatic carbocycles. The van der Waals surface area contributed by atoms with Gasteiger partial charge in [0.25, 0.3) is 0 Å². The van der Waals surface area contributed by atoms with Crippen LogP contribution in [0.1, 0.15) is 25.1 Å². The average Bonchev–Trinajstić information content (AvgIpc) is 3.34. The van der Waals surface area contributed by atoms with Crippen molar-refractivity contribution in [2.24, 2.45) is 0 Å². The second kappa shape index (κ2) is 6.64. The van der Waals surface area contributed by atoms with E-state index in [0.717, 1.165) is 27.8 Å². The first kappa shape index (κ1) is 17.5. The Labute approximate surface area is 161 Å². The smallest absolute Gasteiger partial charge is 0.250 e. The number of aliphatic hydroxyl groups excluding tert-OH is 1. The van der Waals surface area contributed by atoms with Crippen molar-refractivity contribution in [2.45, 2.75) is 19.4 Å². The molecule has 0 aliphatic rings. The van der Waals surface area contributed by atoms with Crippen LogP contribution in [0.3, 0.4) is 0 Å². The van der Waals surface area contributed by atoms with E-state index >= 15 is 0 Å².